The first-order valence-corrected chi connectivity index (χ1v) is 11.9. The van der Waals surface area contributed by atoms with Crippen LogP contribution in [0.25, 0.3) is 0 Å². The second kappa shape index (κ2) is 7.78. The number of Topliss-reactive ketones (excluding diaryl/α,β-unsaturated/α-hetero) is 4. The smallest absolute Gasteiger partial charge is 0.235 e. The molecule has 6 unspecified atom stereocenters. The zero-order chi connectivity index (χ0) is 25.4. The number of aliphatic hydroxyl groups is 1. The van der Waals surface area contributed by atoms with Crippen LogP contribution in [0, 0.1) is 17.8 Å². The van der Waals surface area contributed by atoms with Gasteiger partial charge in [0.25, 0.3) is 0 Å². The number of nitrogens with two attached hydrogens (primary N) is 1. The highest BCUT2D eigenvalue weighted by atomic mass is 16.3. The SMILES string of the molecule is CNC12CC(=O)C(C(N)=O)C(=O)C1(O)C(=O)C1C(=O)c3c(O)cc(C4CCCN4C)cc3CC1C2. The summed E-state index contributed by atoms with van der Waals surface area (Å²) >= 11 is 0. The summed E-state index contributed by atoms with van der Waals surface area (Å²) in [4.78, 5) is 67.3. The van der Waals surface area contributed by atoms with Gasteiger partial charge in [-0.05, 0) is 69.4 Å². The van der Waals surface area contributed by atoms with Crippen LogP contribution in [0.3, 0.4) is 0 Å². The van der Waals surface area contributed by atoms with Crippen molar-refractivity contribution in [2.24, 2.45) is 23.5 Å². The molecule has 0 spiro atoms. The third-order valence-corrected chi connectivity index (χ3v) is 8.73. The summed E-state index contributed by atoms with van der Waals surface area (Å²) in [5.41, 5.74) is 2.34. The van der Waals surface area contributed by atoms with Gasteiger partial charge in [0.1, 0.15) is 5.75 Å². The molecule has 1 saturated heterocycles. The molecule has 1 aromatic rings. The maximum Gasteiger partial charge on any atom is 0.235 e. The Bertz CT molecular complexity index is 1200. The molecule has 3 aliphatic carbocycles. The fourth-order valence-corrected chi connectivity index (χ4v) is 7.00. The van der Waals surface area contributed by atoms with Crippen molar-refractivity contribution in [2.75, 3.05) is 20.6 Å². The lowest BCUT2D eigenvalue weighted by molar-refractivity contribution is -0.181. The van der Waals surface area contributed by atoms with Crippen LogP contribution in [0.5, 0.6) is 5.75 Å². The van der Waals surface area contributed by atoms with E-state index in [1.54, 1.807) is 6.07 Å². The number of hydrogen-bond acceptors (Lipinski definition) is 9. The minimum Gasteiger partial charge on any atom is -0.507 e. The summed E-state index contributed by atoms with van der Waals surface area (Å²) in [5.74, 6) is -9.18. The van der Waals surface area contributed by atoms with Gasteiger partial charge in [0.2, 0.25) is 11.5 Å². The molecule has 3 fully saturated rings. The van der Waals surface area contributed by atoms with Gasteiger partial charge in [-0.15, -0.1) is 0 Å². The molecule has 10 nitrogen and oxygen atoms in total. The number of aromatic hydroxyl groups is 1. The van der Waals surface area contributed by atoms with Crippen LogP contribution >= 0.6 is 0 Å². The van der Waals surface area contributed by atoms with Crippen LogP contribution in [0.4, 0.5) is 0 Å². The van der Waals surface area contributed by atoms with E-state index in [4.69, 9.17) is 5.73 Å². The molecule has 5 N–H and O–H groups in total. The molecule has 10 heteroatoms. The van der Waals surface area contributed by atoms with Crippen molar-refractivity contribution >= 4 is 29.0 Å². The number of primary amides is 1. The first-order valence-electron chi connectivity index (χ1n) is 11.9. The second-order valence-corrected chi connectivity index (χ2v) is 10.5. The Morgan fingerprint density at radius 3 is 2.51 bits per heavy atom. The van der Waals surface area contributed by atoms with Crippen LogP contribution in [0.15, 0.2) is 12.1 Å². The minimum absolute atomic E-state index is 0.0150. The van der Waals surface area contributed by atoms with E-state index in [1.807, 2.05) is 13.1 Å². The molecule has 1 aromatic carbocycles. The molecule has 186 valence electrons. The van der Waals surface area contributed by atoms with Gasteiger partial charge in [-0.25, -0.2) is 0 Å². The topological polar surface area (TPSA) is 167 Å². The third kappa shape index (κ3) is 3.03. The van der Waals surface area contributed by atoms with Crippen LogP contribution in [0.2, 0.25) is 0 Å². The lowest BCUT2D eigenvalue weighted by Crippen LogP contribution is -2.80. The fraction of sp³-hybridized carbons (Fsp3) is 0.560. The average Bonchev–Trinajstić information content (AvgIpc) is 3.21. The Hall–Kier alpha value is -2.95. The van der Waals surface area contributed by atoms with Crippen molar-refractivity contribution in [2.45, 2.75) is 49.3 Å². The van der Waals surface area contributed by atoms with E-state index < -0.39 is 64.4 Å². The quantitative estimate of drug-likeness (QED) is 0.412. The van der Waals surface area contributed by atoms with E-state index in [1.165, 1.54) is 7.05 Å². The van der Waals surface area contributed by atoms with Gasteiger partial charge in [-0.1, -0.05) is 6.07 Å². The second-order valence-electron chi connectivity index (χ2n) is 10.5. The molecule has 4 aliphatic rings. The molecule has 0 aromatic heterocycles. The highest BCUT2D eigenvalue weighted by Crippen LogP contribution is 2.52. The van der Waals surface area contributed by atoms with E-state index in [0.29, 0.717) is 5.56 Å². The lowest BCUT2D eigenvalue weighted by atomic mass is 9.50. The van der Waals surface area contributed by atoms with Gasteiger partial charge in [0.05, 0.1) is 17.0 Å². The molecule has 0 bridgehead atoms. The first kappa shape index (κ1) is 23.8. The summed E-state index contributed by atoms with van der Waals surface area (Å²) in [6.07, 6.45) is 1.74. The number of benzene rings is 1. The van der Waals surface area contributed by atoms with Crippen molar-refractivity contribution in [3.63, 3.8) is 0 Å². The maximum absolute atomic E-state index is 13.7. The Morgan fingerprint density at radius 2 is 1.91 bits per heavy atom. The summed E-state index contributed by atoms with van der Waals surface area (Å²) < 4.78 is 0. The first-order chi connectivity index (χ1) is 16.5. The molecule has 2 saturated carbocycles. The van der Waals surface area contributed by atoms with E-state index in [2.05, 4.69) is 10.2 Å². The lowest BCUT2D eigenvalue weighted by Gasteiger charge is -2.56. The van der Waals surface area contributed by atoms with Crippen molar-refractivity contribution < 1.29 is 34.2 Å². The van der Waals surface area contributed by atoms with Gasteiger partial charge in [0, 0.05) is 12.5 Å². The molecule has 35 heavy (non-hydrogen) atoms. The van der Waals surface area contributed by atoms with E-state index in [0.717, 1.165) is 24.9 Å². The molecule has 1 aliphatic heterocycles. The summed E-state index contributed by atoms with van der Waals surface area (Å²) in [5, 5.41) is 25.2. The Kier molecular flexibility index (Phi) is 5.28. The van der Waals surface area contributed by atoms with E-state index in [-0.39, 0.29) is 30.2 Å². The average molecular weight is 484 g/mol. The number of amides is 1. The number of hydrogen-bond donors (Lipinski definition) is 4. The van der Waals surface area contributed by atoms with Crippen molar-refractivity contribution in [3.05, 3.63) is 28.8 Å². The number of phenolic OH excluding ortho intramolecular Hbond substituents is 1. The largest absolute Gasteiger partial charge is 0.507 e. The predicted octanol–water partition coefficient (Wildman–Crippen LogP) is -0.564. The standard InChI is InChI=1S/C25H29N3O7/c1-27-24-9-13-7-12-6-11(14-4-3-5-28(14)2)8-15(29)17(12)20(31)18(13)21(32)25(24,35)22(33)19(23(26)34)16(30)10-24/h6,8,13-14,18-19,27,29,35H,3-5,7,9-10H2,1-2H3,(H2,26,34). The maximum atomic E-state index is 13.7. The molecule has 1 heterocycles. The summed E-state index contributed by atoms with van der Waals surface area (Å²) in [7, 11) is 3.44. The van der Waals surface area contributed by atoms with Gasteiger partial charge in [-0.3, -0.25) is 28.9 Å². The van der Waals surface area contributed by atoms with E-state index in [9.17, 15) is 34.2 Å². The number of carbonyl (C=O) groups is 5. The predicted molar refractivity (Wildman–Crippen MR) is 121 cm³/mol. The number of nitrogens with zero attached hydrogens (tertiary/aromatic N) is 1. The number of likely N-dealkylation sites (N-methyl/N-ethyl adjacent to an activating group) is 1. The number of phenols is 1. The molecular weight excluding hydrogens is 454 g/mol. The van der Waals surface area contributed by atoms with Gasteiger partial charge in [0.15, 0.2) is 29.1 Å². The summed E-state index contributed by atoms with van der Waals surface area (Å²) in [6.45, 7) is 0.929. The van der Waals surface area contributed by atoms with Crippen LogP contribution in [-0.2, 0) is 25.6 Å². The highest BCUT2D eigenvalue weighted by Gasteiger charge is 2.72. The van der Waals surface area contributed by atoms with Gasteiger partial charge in [-0.2, -0.15) is 0 Å². The Balaban J connectivity index is 1.60. The number of carbonyl (C=O) groups excluding carboxylic acids is 5. The van der Waals surface area contributed by atoms with Crippen LogP contribution < -0.4 is 11.1 Å². The zero-order valence-electron chi connectivity index (χ0n) is 19.7. The number of fused-ring (bicyclic) bond motifs is 3. The molecule has 1 amide bonds. The molecule has 5 rings (SSSR count). The number of likely N-dealkylation sites (tertiary alicyclic amines) is 1. The van der Waals surface area contributed by atoms with Crippen LogP contribution in [0.1, 0.15) is 53.2 Å². The Morgan fingerprint density at radius 1 is 1.20 bits per heavy atom. The zero-order valence-corrected chi connectivity index (χ0v) is 19.7. The van der Waals surface area contributed by atoms with Gasteiger partial charge < -0.3 is 21.3 Å². The van der Waals surface area contributed by atoms with Gasteiger partial charge >= 0.3 is 0 Å². The molecule has 6 atom stereocenters. The van der Waals surface area contributed by atoms with Crippen LogP contribution in [-0.4, -0.2) is 75.9 Å². The number of nitrogens with one attached hydrogen (secondary N) is 1. The monoisotopic (exact) mass is 483 g/mol. The van der Waals surface area contributed by atoms with Crippen molar-refractivity contribution in [3.8, 4) is 5.75 Å². The minimum atomic E-state index is -2.77. The Labute approximate surface area is 201 Å². The molecule has 0 radical (unpaired) electrons. The number of rotatable bonds is 3. The normalized spacial score (nSPS) is 37.1. The highest BCUT2D eigenvalue weighted by molar-refractivity contribution is 6.32. The van der Waals surface area contributed by atoms with Crippen molar-refractivity contribution in [1.29, 1.82) is 0 Å². The summed E-state index contributed by atoms with van der Waals surface area (Å²) in [6, 6.07) is 3.56. The van der Waals surface area contributed by atoms with E-state index >= 15 is 0 Å². The van der Waals surface area contributed by atoms with Crippen molar-refractivity contribution in [1.82, 2.24) is 10.2 Å². The molecular formula is C25H29N3O7. The fourth-order valence-electron chi connectivity index (χ4n) is 7.00. The third-order valence-electron chi connectivity index (χ3n) is 8.73. The number of ketones is 4.